The second-order valence-electron chi connectivity index (χ2n) is 13.7. The van der Waals surface area contributed by atoms with Crippen molar-refractivity contribution >= 4 is 27.5 Å². The number of hydrogen-bond donors (Lipinski definition) is 1. The zero-order chi connectivity index (χ0) is 30.9. The molecule has 0 spiro atoms. The van der Waals surface area contributed by atoms with Gasteiger partial charge in [-0.3, -0.25) is 13.9 Å². The summed E-state index contributed by atoms with van der Waals surface area (Å²) in [5, 5.41) is 2.91. The fourth-order valence-electron chi connectivity index (χ4n) is 8.06. The Morgan fingerprint density at radius 2 is 1.58 bits per heavy atom. The van der Waals surface area contributed by atoms with Gasteiger partial charge in [0.1, 0.15) is 18.3 Å². The molecule has 0 aromatic heterocycles. The number of sulfonamides is 1. The number of rotatable bonds is 12. The molecule has 6 rings (SSSR count). The quantitative estimate of drug-likeness (QED) is 0.361. The van der Waals surface area contributed by atoms with Crippen LogP contribution in [-0.2, 0) is 31.6 Å². The standard InChI is InChI=1S/C34H47N3O5S/c1-23(2)20-35-33(39)24(3)36(21-25-7-6-8-31(16-25)42-4)32(38)22-37(43(5,40)41)30-11-9-29(10-12-30)34-17-26-13-27(18-34)15-28(14-26)19-34/h6-12,16,23-24,26-28H,13-15,17-22H2,1-5H3,(H,35,39)/t24-,26?,27?,28?,34?/m1/s1. The highest BCUT2D eigenvalue weighted by Crippen LogP contribution is 2.60. The molecular weight excluding hydrogens is 562 g/mol. The van der Waals surface area contributed by atoms with E-state index >= 15 is 0 Å². The molecule has 2 aromatic carbocycles. The maximum Gasteiger partial charge on any atom is 0.244 e. The van der Waals surface area contributed by atoms with Gasteiger partial charge in [-0.2, -0.15) is 0 Å². The maximum absolute atomic E-state index is 13.9. The van der Waals surface area contributed by atoms with Crippen LogP contribution in [0.1, 0.15) is 70.4 Å². The van der Waals surface area contributed by atoms with Crippen LogP contribution in [0.4, 0.5) is 5.69 Å². The lowest BCUT2D eigenvalue weighted by Crippen LogP contribution is -2.51. The summed E-state index contributed by atoms with van der Waals surface area (Å²) in [6.45, 7) is 5.90. The van der Waals surface area contributed by atoms with Gasteiger partial charge in [0, 0.05) is 13.1 Å². The van der Waals surface area contributed by atoms with Gasteiger partial charge < -0.3 is 15.0 Å². The lowest BCUT2D eigenvalue weighted by atomic mass is 9.48. The lowest BCUT2D eigenvalue weighted by molar-refractivity contribution is -0.139. The average Bonchev–Trinajstić information content (AvgIpc) is 2.96. The van der Waals surface area contributed by atoms with Gasteiger partial charge in [0.05, 0.1) is 19.1 Å². The van der Waals surface area contributed by atoms with Crippen molar-refractivity contribution in [3.05, 3.63) is 59.7 Å². The van der Waals surface area contributed by atoms with Gasteiger partial charge in [-0.25, -0.2) is 8.42 Å². The molecule has 234 valence electrons. The molecule has 1 N–H and O–H groups in total. The number of carbonyl (C=O) groups is 2. The second-order valence-corrected chi connectivity index (χ2v) is 15.6. The summed E-state index contributed by atoms with van der Waals surface area (Å²) in [5.74, 6) is 2.59. The van der Waals surface area contributed by atoms with Gasteiger partial charge in [0.25, 0.3) is 0 Å². The Kier molecular flexibility index (Phi) is 9.12. The number of anilines is 1. The first kappa shape index (κ1) is 31.4. The van der Waals surface area contributed by atoms with Crippen molar-refractivity contribution in [2.24, 2.45) is 23.7 Å². The van der Waals surface area contributed by atoms with E-state index in [0.29, 0.717) is 18.0 Å². The molecule has 4 aliphatic rings. The van der Waals surface area contributed by atoms with E-state index in [9.17, 15) is 18.0 Å². The van der Waals surface area contributed by atoms with Gasteiger partial charge in [0.2, 0.25) is 21.8 Å². The fraction of sp³-hybridized carbons (Fsp3) is 0.588. The van der Waals surface area contributed by atoms with Crippen molar-refractivity contribution in [1.29, 1.82) is 0 Å². The van der Waals surface area contributed by atoms with E-state index < -0.39 is 28.5 Å². The minimum atomic E-state index is -3.79. The van der Waals surface area contributed by atoms with Gasteiger partial charge in [0.15, 0.2) is 0 Å². The Balaban J connectivity index is 1.38. The molecule has 4 aliphatic carbocycles. The van der Waals surface area contributed by atoms with Crippen LogP contribution in [0.2, 0.25) is 0 Å². The number of amides is 2. The molecule has 8 nitrogen and oxygen atoms in total. The molecule has 2 amide bonds. The van der Waals surface area contributed by atoms with Crippen molar-refractivity contribution in [3.63, 3.8) is 0 Å². The number of carbonyl (C=O) groups excluding carboxylic acids is 2. The number of benzene rings is 2. The third kappa shape index (κ3) is 7.03. The molecule has 0 unspecified atom stereocenters. The highest BCUT2D eigenvalue weighted by Gasteiger charge is 2.51. The molecule has 4 saturated carbocycles. The molecule has 0 heterocycles. The van der Waals surface area contributed by atoms with Gasteiger partial charge in [-0.15, -0.1) is 0 Å². The second kappa shape index (κ2) is 12.5. The Labute approximate surface area is 257 Å². The number of ether oxygens (including phenoxy) is 1. The first-order chi connectivity index (χ1) is 20.4. The predicted octanol–water partition coefficient (Wildman–Crippen LogP) is 5.12. The molecule has 2 aromatic rings. The summed E-state index contributed by atoms with van der Waals surface area (Å²) < 4.78 is 32.7. The van der Waals surface area contributed by atoms with E-state index in [1.807, 2.05) is 50.2 Å². The maximum atomic E-state index is 13.9. The number of nitrogens with zero attached hydrogens (tertiary/aromatic N) is 2. The number of nitrogens with one attached hydrogen (secondary N) is 1. The summed E-state index contributed by atoms with van der Waals surface area (Å²) in [7, 11) is -2.22. The van der Waals surface area contributed by atoms with Crippen LogP contribution in [0.15, 0.2) is 48.5 Å². The minimum Gasteiger partial charge on any atom is -0.497 e. The molecule has 4 bridgehead atoms. The summed E-state index contributed by atoms with van der Waals surface area (Å²) in [6, 6.07) is 14.4. The van der Waals surface area contributed by atoms with Gasteiger partial charge >= 0.3 is 0 Å². The summed E-state index contributed by atoms with van der Waals surface area (Å²) in [6.07, 6.45) is 8.89. The van der Waals surface area contributed by atoms with Crippen LogP contribution >= 0.6 is 0 Å². The monoisotopic (exact) mass is 609 g/mol. The number of hydrogen-bond acceptors (Lipinski definition) is 5. The molecule has 9 heteroatoms. The average molecular weight is 610 g/mol. The third-order valence-corrected chi connectivity index (χ3v) is 11.0. The van der Waals surface area contributed by atoms with Crippen LogP contribution in [0, 0.1) is 23.7 Å². The zero-order valence-electron chi connectivity index (χ0n) is 26.2. The molecule has 0 saturated heterocycles. The van der Waals surface area contributed by atoms with Crippen LogP contribution < -0.4 is 14.4 Å². The largest absolute Gasteiger partial charge is 0.497 e. The van der Waals surface area contributed by atoms with Crippen molar-refractivity contribution in [1.82, 2.24) is 10.2 Å². The predicted molar refractivity (Wildman–Crippen MR) is 169 cm³/mol. The Morgan fingerprint density at radius 3 is 2.12 bits per heavy atom. The minimum absolute atomic E-state index is 0.134. The van der Waals surface area contributed by atoms with Crippen LogP contribution in [-0.4, -0.2) is 57.6 Å². The SMILES string of the molecule is COc1cccc(CN(C(=O)CN(c2ccc(C34CC5CC(CC(C5)C3)C4)cc2)S(C)(=O)=O)[C@H](C)C(=O)NCC(C)C)c1. The molecule has 0 radical (unpaired) electrons. The van der Waals surface area contributed by atoms with Crippen LogP contribution in [0.3, 0.4) is 0 Å². The van der Waals surface area contributed by atoms with Crippen molar-refractivity contribution < 1.29 is 22.7 Å². The Bertz CT molecular complexity index is 1390. The van der Waals surface area contributed by atoms with Crippen molar-refractivity contribution in [2.75, 3.05) is 30.8 Å². The van der Waals surface area contributed by atoms with Crippen LogP contribution in [0.25, 0.3) is 0 Å². The highest BCUT2D eigenvalue weighted by molar-refractivity contribution is 7.92. The summed E-state index contributed by atoms with van der Waals surface area (Å²) in [4.78, 5) is 28.5. The topological polar surface area (TPSA) is 96.0 Å². The van der Waals surface area contributed by atoms with Gasteiger partial charge in [-0.05, 0) is 110 Å². The van der Waals surface area contributed by atoms with E-state index in [-0.39, 0.29) is 23.8 Å². The van der Waals surface area contributed by atoms with E-state index in [4.69, 9.17) is 4.74 Å². The van der Waals surface area contributed by atoms with E-state index in [1.54, 1.807) is 14.0 Å². The summed E-state index contributed by atoms with van der Waals surface area (Å²) in [5.41, 5.74) is 2.74. The Hall–Kier alpha value is -3.07. The molecule has 0 aliphatic heterocycles. The molecule has 43 heavy (non-hydrogen) atoms. The normalized spacial score (nSPS) is 24.9. The number of methoxy groups -OCH3 is 1. The molecule has 4 fully saturated rings. The molecule has 1 atom stereocenters. The molecular formula is C34H47N3O5S. The van der Waals surface area contributed by atoms with E-state index in [0.717, 1.165) is 33.9 Å². The first-order valence-corrected chi connectivity index (χ1v) is 17.5. The smallest absolute Gasteiger partial charge is 0.244 e. The van der Waals surface area contributed by atoms with Crippen molar-refractivity contribution in [2.45, 2.75) is 77.3 Å². The fourth-order valence-corrected chi connectivity index (χ4v) is 8.91. The van der Waals surface area contributed by atoms with Gasteiger partial charge in [-0.1, -0.05) is 38.1 Å². The zero-order valence-corrected chi connectivity index (χ0v) is 27.0. The van der Waals surface area contributed by atoms with Crippen molar-refractivity contribution in [3.8, 4) is 5.75 Å². The van der Waals surface area contributed by atoms with Crippen LogP contribution in [0.5, 0.6) is 5.75 Å². The summed E-state index contributed by atoms with van der Waals surface area (Å²) >= 11 is 0. The first-order valence-electron chi connectivity index (χ1n) is 15.6. The van der Waals surface area contributed by atoms with E-state index in [2.05, 4.69) is 17.4 Å². The lowest BCUT2D eigenvalue weighted by Gasteiger charge is -2.57. The Morgan fingerprint density at radius 1 is 0.977 bits per heavy atom. The highest BCUT2D eigenvalue weighted by atomic mass is 32.2. The third-order valence-electron chi connectivity index (χ3n) is 9.82. The van der Waals surface area contributed by atoms with E-state index in [1.165, 1.54) is 49.0 Å².